The van der Waals surface area contributed by atoms with Gasteiger partial charge in [0, 0.05) is 41.3 Å². The van der Waals surface area contributed by atoms with Crippen molar-refractivity contribution in [2.75, 3.05) is 47.8 Å². The van der Waals surface area contributed by atoms with Gasteiger partial charge in [0.15, 0.2) is 5.96 Å². The van der Waals surface area contributed by atoms with Crippen LogP contribution in [0.1, 0.15) is 34.1 Å². The second-order valence-electron chi connectivity index (χ2n) is 6.44. The summed E-state index contributed by atoms with van der Waals surface area (Å²) in [6.45, 7) is 9.49. The van der Waals surface area contributed by atoms with Crippen LogP contribution in [-0.4, -0.2) is 80.2 Å². The highest BCUT2D eigenvalue weighted by Gasteiger charge is 2.21. The summed E-state index contributed by atoms with van der Waals surface area (Å²) in [5, 5.41) is 0. The van der Waals surface area contributed by atoms with Gasteiger partial charge in [0.25, 0.3) is 0 Å². The van der Waals surface area contributed by atoms with Crippen LogP contribution in [0.5, 0.6) is 0 Å². The van der Waals surface area contributed by atoms with Crippen LogP contribution in [0.3, 0.4) is 0 Å². The molecule has 6 nitrogen and oxygen atoms in total. The van der Waals surface area contributed by atoms with Gasteiger partial charge in [0.2, 0.25) is 0 Å². The minimum absolute atomic E-state index is 0.268. The number of guanidine groups is 1. The van der Waals surface area contributed by atoms with E-state index in [2.05, 4.69) is 4.99 Å². The Kier molecular flexibility index (Phi) is 8.14. The molecule has 0 fully saturated rings. The first-order valence-corrected chi connectivity index (χ1v) is 7.45. The fourth-order valence-corrected chi connectivity index (χ4v) is 1.84. The molecule has 0 saturated heterocycles. The van der Waals surface area contributed by atoms with Gasteiger partial charge in [-0.1, -0.05) is 6.92 Å². The lowest BCUT2D eigenvalue weighted by atomic mass is 10.2. The lowest BCUT2D eigenvalue weighted by molar-refractivity contribution is 0.0256. The van der Waals surface area contributed by atoms with Gasteiger partial charge in [-0.05, 0) is 27.2 Å². The molecule has 0 atom stereocenters. The number of carbonyl (C=O) groups is 1. The largest absolute Gasteiger partial charge is 0.444 e. The van der Waals surface area contributed by atoms with Crippen LogP contribution in [0.4, 0.5) is 4.79 Å². The average molecular weight is 300 g/mol. The van der Waals surface area contributed by atoms with Crippen LogP contribution in [-0.2, 0) is 4.74 Å². The van der Waals surface area contributed by atoms with E-state index in [1.807, 2.05) is 65.7 Å². The third-order valence-corrected chi connectivity index (χ3v) is 2.57. The molecule has 0 heterocycles. The summed E-state index contributed by atoms with van der Waals surface area (Å²) >= 11 is 0. The molecular weight excluding hydrogens is 268 g/mol. The van der Waals surface area contributed by atoms with Crippen LogP contribution in [0.25, 0.3) is 0 Å². The predicted octanol–water partition coefficient (Wildman–Crippen LogP) is 2.11. The Morgan fingerprint density at radius 2 is 1.57 bits per heavy atom. The Bertz CT molecular complexity index is 336. The van der Waals surface area contributed by atoms with Gasteiger partial charge < -0.3 is 19.4 Å². The van der Waals surface area contributed by atoms with Crippen molar-refractivity contribution in [2.45, 2.75) is 39.7 Å². The molecule has 0 aromatic carbocycles. The van der Waals surface area contributed by atoms with E-state index < -0.39 is 5.60 Å². The first-order valence-electron chi connectivity index (χ1n) is 7.45. The zero-order valence-electron chi connectivity index (χ0n) is 14.9. The topological polar surface area (TPSA) is 48.4 Å². The van der Waals surface area contributed by atoms with Crippen LogP contribution in [0, 0.1) is 0 Å². The van der Waals surface area contributed by atoms with Crippen molar-refractivity contribution in [3.05, 3.63) is 0 Å². The van der Waals surface area contributed by atoms with Crippen LogP contribution in [0.15, 0.2) is 4.99 Å². The van der Waals surface area contributed by atoms with E-state index in [0.29, 0.717) is 19.6 Å². The molecule has 0 aliphatic carbocycles. The Morgan fingerprint density at radius 3 is 1.95 bits per heavy atom. The van der Waals surface area contributed by atoms with Gasteiger partial charge in [-0.25, -0.2) is 4.79 Å². The van der Waals surface area contributed by atoms with Crippen molar-refractivity contribution in [1.82, 2.24) is 14.7 Å². The van der Waals surface area contributed by atoms with Crippen LogP contribution < -0.4 is 0 Å². The number of hydrogen-bond acceptors (Lipinski definition) is 3. The number of amides is 1. The Morgan fingerprint density at radius 1 is 1.05 bits per heavy atom. The maximum Gasteiger partial charge on any atom is 0.410 e. The Balaban J connectivity index is 4.65. The SMILES string of the molecule is CCCN(CCN=C(N(C)C)N(C)C)C(=O)OC(C)(C)C. The summed E-state index contributed by atoms with van der Waals surface area (Å²) in [7, 11) is 7.82. The number of carbonyl (C=O) groups excluding carboxylic acids is 1. The maximum absolute atomic E-state index is 12.1. The standard InChI is InChI=1S/C15H32N4O2/c1-9-11-19(14(20)21-15(2,3)4)12-10-16-13(17(5)6)18(7)8/h9-12H2,1-8H3. The molecule has 0 rings (SSSR count). The zero-order valence-corrected chi connectivity index (χ0v) is 14.9. The average Bonchev–Trinajstić information content (AvgIpc) is 2.29. The van der Waals surface area contributed by atoms with E-state index in [1.54, 1.807) is 4.90 Å². The fourth-order valence-electron chi connectivity index (χ4n) is 1.84. The highest BCUT2D eigenvalue weighted by Crippen LogP contribution is 2.10. The Labute approximate surface area is 129 Å². The third kappa shape index (κ3) is 8.42. The van der Waals surface area contributed by atoms with Crippen molar-refractivity contribution in [3.63, 3.8) is 0 Å². The molecule has 1 amide bonds. The summed E-state index contributed by atoms with van der Waals surface area (Å²) in [6, 6.07) is 0. The molecule has 124 valence electrons. The van der Waals surface area contributed by atoms with Crippen molar-refractivity contribution < 1.29 is 9.53 Å². The van der Waals surface area contributed by atoms with Crippen LogP contribution >= 0.6 is 0 Å². The summed E-state index contributed by atoms with van der Waals surface area (Å²) in [4.78, 5) is 22.3. The van der Waals surface area contributed by atoms with Gasteiger partial charge in [0.1, 0.15) is 5.60 Å². The van der Waals surface area contributed by atoms with Crippen molar-refractivity contribution in [1.29, 1.82) is 0 Å². The molecule has 0 aromatic rings. The molecule has 0 N–H and O–H groups in total. The van der Waals surface area contributed by atoms with E-state index in [9.17, 15) is 4.79 Å². The molecule has 0 aliphatic rings. The fraction of sp³-hybridized carbons (Fsp3) is 0.867. The summed E-state index contributed by atoms with van der Waals surface area (Å²) in [5.74, 6) is 0.885. The summed E-state index contributed by atoms with van der Waals surface area (Å²) in [6.07, 6.45) is 0.632. The highest BCUT2D eigenvalue weighted by atomic mass is 16.6. The number of aliphatic imine (C=N–C) groups is 1. The molecule has 0 spiro atoms. The molecule has 0 saturated carbocycles. The first-order chi connectivity index (χ1) is 9.58. The molecule has 0 aliphatic heterocycles. The third-order valence-electron chi connectivity index (χ3n) is 2.57. The minimum atomic E-state index is -0.467. The van der Waals surface area contributed by atoms with Gasteiger partial charge in [-0.15, -0.1) is 0 Å². The van der Waals surface area contributed by atoms with E-state index in [0.717, 1.165) is 12.4 Å². The summed E-state index contributed by atoms with van der Waals surface area (Å²) < 4.78 is 5.42. The molecule has 0 radical (unpaired) electrons. The predicted molar refractivity (Wildman–Crippen MR) is 87.8 cm³/mol. The number of ether oxygens (including phenoxy) is 1. The maximum atomic E-state index is 12.1. The molecule has 0 bridgehead atoms. The first kappa shape index (κ1) is 19.5. The van der Waals surface area contributed by atoms with E-state index >= 15 is 0 Å². The monoisotopic (exact) mass is 300 g/mol. The van der Waals surface area contributed by atoms with Crippen molar-refractivity contribution in [2.24, 2.45) is 4.99 Å². The lowest BCUT2D eigenvalue weighted by Crippen LogP contribution is -2.40. The minimum Gasteiger partial charge on any atom is -0.444 e. The van der Waals surface area contributed by atoms with Gasteiger partial charge in [-0.3, -0.25) is 4.99 Å². The quantitative estimate of drug-likeness (QED) is 0.576. The molecule has 6 heteroatoms. The van der Waals surface area contributed by atoms with E-state index in [-0.39, 0.29) is 6.09 Å². The lowest BCUT2D eigenvalue weighted by Gasteiger charge is -2.27. The van der Waals surface area contributed by atoms with Crippen LogP contribution in [0.2, 0.25) is 0 Å². The highest BCUT2D eigenvalue weighted by molar-refractivity contribution is 5.79. The second kappa shape index (κ2) is 8.74. The molecule has 0 aromatic heterocycles. The number of nitrogens with zero attached hydrogens (tertiary/aromatic N) is 4. The molecule has 0 unspecified atom stereocenters. The van der Waals surface area contributed by atoms with Gasteiger partial charge >= 0.3 is 6.09 Å². The molecule has 21 heavy (non-hydrogen) atoms. The van der Waals surface area contributed by atoms with E-state index in [4.69, 9.17) is 4.74 Å². The van der Waals surface area contributed by atoms with E-state index in [1.165, 1.54) is 0 Å². The normalized spacial score (nSPS) is 10.9. The van der Waals surface area contributed by atoms with Gasteiger partial charge in [-0.2, -0.15) is 0 Å². The number of rotatable bonds is 5. The number of hydrogen-bond donors (Lipinski definition) is 0. The van der Waals surface area contributed by atoms with Gasteiger partial charge in [0.05, 0.1) is 6.54 Å². The smallest absolute Gasteiger partial charge is 0.410 e. The zero-order chi connectivity index (χ0) is 16.6. The van der Waals surface area contributed by atoms with Crippen molar-refractivity contribution >= 4 is 12.1 Å². The Hall–Kier alpha value is -1.46. The summed E-state index contributed by atoms with van der Waals surface area (Å²) in [5.41, 5.74) is -0.467. The van der Waals surface area contributed by atoms with Crippen molar-refractivity contribution in [3.8, 4) is 0 Å². The second-order valence-corrected chi connectivity index (χ2v) is 6.44. The molecular formula is C15H32N4O2.